The Morgan fingerprint density at radius 2 is 2.00 bits per heavy atom. The van der Waals surface area contributed by atoms with E-state index in [1.165, 1.54) is 5.57 Å². The lowest BCUT2D eigenvalue weighted by Crippen LogP contribution is -2.41. The van der Waals surface area contributed by atoms with Crippen LogP contribution >= 0.6 is 0 Å². The fourth-order valence-corrected chi connectivity index (χ4v) is 4.35. The van der Waals surface area contributed by atoms with E-state index in [4.69, 9.17) is 4.74 Å². The summed E-state index contributed by atoms with van der Waals surface area (Å²) in [4.78, 5) is 15.1. The molecule has 154 valence electrons. The van der Waals surface area contributed by atoms with Crippen molar-refractivity contribution in [2.75, 3.05) is 26.3 Å². The Hall–Kier alpha value is -2.01. The molecule has 1 saturated heterocycles. The summed E-state index contributed by atoms with van der Waals surface area (Å²) in [6.07, 6.45) is 8.81. The number of hydrogen-bond acceptors (Lipinski definition) is 4. The molecule has 5 heteroatoms. The van der Waals surface area contributed by atoms with Crippen LogP contribution in [0.4, 0.5) is 0 Å². The number of phenolic OH excluding ortho intramolecular Hbond substituents is 2. The number of allylic oxidation sites excluding steroid dienone is 2. The first-order valence-electron chi connectivity index (χ1n) is 10.6. The highest BCUT2D eigenvalue weighted by Crippen LogP contribution is 2.44. The Morgan fingerprint density at radius 1 is 1.25 bits per heavy atom. The van der Waals surface area contributed by atoms with Crippen molar-refractivity contribution >= 4 is 5.91 Å². The molecule has 5 nitrogen and oxygen atoms in total. The average Bonchev–Trinajstić information content (AvgIpc) is 2.68. The topological polar surface area (TPSA) is 70.0 Å². The molecule has 1 unspecified atom stereocenters. The van der Waals surface area contributed by atoms with Gasteiger partial charge in [-0.05, 0) is 50.7 Å². The standard InChI is InChI=1S/C23H33NO4/c1-3-4-5-8-18-15-19(25)20(17-9-6-7-16(2)14-17)22(26)21(18)23(27)24-10-12-28-13-11-24/h14-15,17,25-26H,3-13H2,1-2H3. The molecule has 1 amide bonds. The van der Waals surface area contributed by atoms with Gasteiger partial charge in [0.15, 0.2) is 0 Å². The van der Waals surface area contributed by atoms with E-state index in [9.17, 15) is 15.0 Å². The summed E-state index contributed by atoms with van der Waals surface area (Å²) in [6.45, 7) is 6.33. The van der Waals surface area contributed by atoms with Gasteiger partial charge in [0.1, 0.15) is 11.5 Å². The van der Waals surface area contributed by atoms with Crippen molar-refractivity contribution in [3.63, 3.8) is 0 Å². The van der Waals surface area contributed by atoms with Crippen molar-refractivity contribution in [1.29, 1.82) is 0 Å². The van der Waals surface area contributed by atoms with E-state index in [1.54, 1.807) is 11.0 Å². The lowest BCUT2D eigenvalue weighted by atomic mass is 9.83. The smallest absolute Gasteiger partial charge is 0.258 e. The summed E-state index contributed by atoms with van der Waals surface area (Å²) in [5.74, 6) is -0.114. The number of carbonyl (C=O) groups is 1. The van der Waals surface area contributed by atoms with Crippen molar-refractivity contribution < 1.29 is 19.7 Å². The van der Waals surface area contributed by atoms with E-state index in [1.807, 2.05) is 0 Å². The Bertz CT molecular complexity index is 735. The van der Waals surface area contributed by atoms with Crippen LogP contribution in [0.1, 0.15) is 79.8 Å². The van der Waals surface area contributed by atoms with Crippen molar-refractivity contribution in [2.24, 2.45) is 0 Å². The third kappa shape index (κ3) is 4.52. The fourth-order valence-electron chi connectivity index (χ4n) is 4.35. The number of rotatable bonds is 6. The van der Waals surface area contributed by atoms with Gasteiger partial charge in [-0.2, -0.15) is 0 Å². The Labute approximate surface area is 168 Å². The number of morpholine rings is 1. The van der Waals surface area contributed by atoms with Gasteiger partial charge in [-0.1, -0.05) is 31.4 Å². The lowest BCUT2D eigenvalue weighted by molar-refractivity contribution is 0.0300. The van der Waals surface area contributed by atoms with E-state index in [-0.39, 0.29) is 23.3 Å². The second kappa shape index (κ2) is 9.46. The van der Waals surface area contributed by atoms with Crippen LogP contribution in [0.3, 0.4) is 0 Å². The molecule has 1 aliphatic carbocycles. The van der Waals surface area contributed by atoms with E-state index in [2.05, 4.69) is 19.9 Å². The molecule has 3 rings (SSSR count). The third-order valence-electron chi connectivity index (χ3n) is 5.90. The van der Waals surface area contributed by atoms with Crippen LogP contribution in [0.25, 0.3) is 0 Å². The largest absolute Gasteiger partial charge is 0.507 e. The van der Waals surface area contributed by atoms with Crippen molar-refractivity contribution in [1.82, 2.24) is 4.90 Å². The second-order valence-corrected chi connectivity index (χ2v) is 8.07. The quantitative estimate of drug-likeness (QED) is 0.556. The summed E-state index contributed by atoms with van der Waals surface area (Å²) >= 11 is 0. The van der Waals surface area contributed by atoms with Gasteiger partial charge < -0.3 is 19.8 Å². The molecule has 28 heavy (non-hydrogen) atoms. The van der Waals surface area contributed by atoms with Crippen LogP contribution in [-0.2, 0) is 11.2 Å². The highest BCUT2D eigenvalue weighted by Gasteiger charge is 2.30. The van der Waals surface area contributed by atoms with E-state index in [0.29, 0.717) is 43.9 Å². The predicted molar refractivity (Wildman–Crippen MR) is 110 cm³/mol. The monoisotopic (exact) mass is 387 g/mol. The Morgan fingerprint density at radius 3 is 2.68 bits per heavy atom. The molecular formula is C23H33NO4. The van der Waals surface area contributed by atoms with Crippen LogP contribution in [0.2, 0.25) is 0 Å². The normalized spacial score (nSPS) is 20.1. The molecule has 0 bridgehead atoms. The summed E-state index contributed by atoms with van der Waals surface area (Å²) in [5.41, 5.74) is 2.90. The summed E-state index contributed by atoms with van der Waals surface area (Å²) in [7, 11) is 0. The molecule has 0 radical (unpaired) electrons. The van der Waals surface area contributed by atoms with E-state index in [0.717, 1.165) is 44.1 Å². The number of carbonyl (C=O) groups excluding carboxylic acids is 1. The molecule has 0 aromatic heterocycles. The lowest BCUT2D eigenvalue weighted by Gasteiger charge is -2.29. The van der Waals surface area contributed by atoms with Gasteiger partial charge in [-0.15, -0.1) is 0 Å². The van der Waals surface area contributed by atoms with Gasteiger partial charge >= 0.3 is 0 Å². The number of aromatic hydroxyl groups is 2. The molecular weight excluding hydrogens is 354 g/mol. The summed E-state index contributed by atoms with van der Waals surface area (Å²) < 4.78 is 5.37. The third-order valence-corrected chi connectivity index (χ3v) is 5.90. The van der Waals surface area contributed by atoms with Gasteiger partial charge in [0, 0.05) is 24.6 Å². The first-order chi connectivity index (χ1) is 13.5. The van der Waals surface area contributed by atoms with Gasteiger partial charge in [0.05, 0.1) is 18.8 Å². The first kappa shape index (κ1) is 20.7. The van der Waals surface area contributed by atoms with E-state index >= 15 is 0 Å². The van der Waals surface area contributed by atoms with Crippen LogP contribution in [0.5, 0.6) is 11.5 Å². The number of unbranched alkanes of at least 4 members (excludes halogenated alkanes) is 2. The van der Waals surface area contributed by atoms with E-state index < -0.39 is 0 Å². The number of benzene rings is 1. The zero-order valence-electron chi connectivity index (χ0n) is 17.2. The summed E-state index contributed by atoms with van der Waals surface area (Å²) in [5, 5.41) is 21.9. The number of hydrogen-bond donors (Lipinski definition) is 2. The average molecular weight is 388 g/mol. The Kier molecular flexibility index (Phi) is 7.00. The minimum atomic E-state index is -0.148. The van der Waals surface area contributed by atoms with Crippen LogP contribution in [0.15, 0.2) is 17.7 Å². The predicted octanol–water partition coefficient (Wildman–Crippen LogP) is 4.52. The van der Waals surface area contributed by atoms with Gasteiger partial charge in [-0.25, -0.2) is 0 Å². The second-order valence-electron chi connectivity index (χ2n) is 8.07. The molecule has 1 fully saturated rings. The fraction of sp³-hybridized carbons (Fsp3) is 0.609. The van der Waals surface area contributed by atoms with Crippen LogP contribution in [0, 0.1) is 0 Å². The Balaban J connectivity index is 2.02. The molecule has 2 N–H and O–H groups in total. The van der Waals surface area contributed by atoms with Gasteiger partial charge in [-0.3, -0.25) is 4.79 Å². The molecule has 1 aromatic rings. The minimum Gasteiger partial charge on any atom is -0.507 e. The van der Waals surface area contributed by atoms with Crippen molar-refractivity contribution in [3.8, 4) is 11.5 Å². The number of ether oxygens (including phenoxy) is 1. The number of amides is 1. The molecule has 0 spiro atoms. The molecule has 1 atom stereocenters. The molecule has 1 aliphatic heterocycles. The highest BCUT2D eigenvalue weighted by molar-refractivity contribution is 5.99. The molecule has 0 saturated carbocycles. The molecule has 2 aliphatic rings. The summed E-state index contributed by atoms with van der Waals surface area (Å²) in [6, 6.07) is 1.72. The van der Waals surface area contributed by atoms with Crippen LogP contribution < -0.4 is 0 Å². The zero-order chi connectivity index (χ0) is 20.1. The molecule has 1 aromatic carbocycles. The maximum atomic E-state index is 13.3. The first-order valence-corrected chi connectivity index (χ1v) is 10.6. The van der Waals surface area contributed by atoms with Crippen molar-refractivity contribution in [2.45, 2.75) is 64.7 Å². The number of aryl methyl sites for hydroxylation is 1. The minimum absolute atomic E-state index is 0.0288. The van der Waals surface area contributed by atoms with Gasteiger partial charge in [0.25, 0.3) is 5.91 Å². The van der Waals surface area contributed by atoms with Crippen molar-refractivity contribution in [3.05, 3.63) is 34.4 Å². The van der Waals surface area contributed by atoms with Crippen LogP contribution in [-0.4, -0.2) is 47.3 Å². The number of phenols is 2. The molecule has 1 heterocycles. The number of nitrogens with zero attached hydrogens (tertiary/aromatic N) is 1. The maximum absolute atomic E-state index is 13.3. The maximum Gasteiger partial charge on any atom is 0.258 e. The SMILES string of the molecule is CCCCCc1cc(O)c(C2C=C(C)CCC2)c(O)c1C(=O)N1CCOCC1. The zero-order valence-corrected chi connectivity index (χ0v) is 17.2. The van der Waals surface area contributed by atoms with Gasteiger partial charge in [0.2, 0.25) is 0 Å². The highest BCUT2D eigenvalue weighted by atomic mass is 16.5.